The van der Waals surface area contributed by atoms with E-state index in [1.165, 1.54) is 19.2 Å². The average molecular weight is 304 g/mol. The number of hydrogen-bond donors (Lipinski definition) is 1. The van der Waals surface area contributed by atoms with Crippen LogP contribution in [0.3, 0.4) is 0 Å². The fourth-order valence-corrected chi connectivity index (χ4v) is 2.84. The predicted molar refractivity (Wildman–Crippen MR) is 80.1 cm³/mol. The Hall–Kier alpha value is -2.34. The van der Waals surface area contributed by atoms with E-state index in [4.69, 9.17) is 0 Å². The molecular weight excluding hydrogens is 288 g/mol. The largest absolute Gasteiger partial charge is 0.333 e. The van der Waals surface area contributed by atoms with Crippen molar-refractivity contribution in [1.82, 2.24) is 9.62 Å². The summed E-state index contributed by atoms with van der Waals surface area (Å²) in [6, 6.07) is 16.5. The van der Waals surface area contributed by atoms with E-state index >= 15 is 0 Å². The minimum atomic E-state index is -3.82. The van der Waals surface area contributed by atoms with Gasteiger partial charge in [-0.1, -0.05) is 48.5 Å². The summed E-state index contributed by atoms with van der Waals surface area (Å²) in [6.45, 7) is 0.272. The van der Waals surface area contributed by atoms with E-state index < -0.39 is 16.1 Å². The Balaban J connectivity index is 2.06. The van der Waals surface area contributed by atoms with Gasteiger partial charge in [0.05, 0.1) is 4.90 Å². The second-order valence-corrected chi connectivity index (χ2v) is 6.40. The summed E-state index contributed by atoms with van der Waals surface area (Å²) in [7, 11) is -2.58. The van der Waals surface area contributed by atoms with Gasteiger partial charge in [-0.25, -0.2) is 17.5 Å². The van der Waals surface area contributed by atoms with Crippen LogP contribution in [0.1, 0.15) is 5.56 Å². The molecule has 2 amide bonds. The fraction of sp³-hybridized carbons (Fsp3) is 0.133. The van der Waals surface area contributed by atoms with Crippen molar-refractivity contribution in [2.45, 2.75) is 11.4 Å². The molecule has 6 heteroatoms. The van der Waals surface area contributed by atoms with Gasteiger partial charge in [-0.05, 0) is 17.7 Å². The zero-order valence-electron chi connectivity index (χ0n) is 11.6. The lowest BCUT2D eigenvalue weighted by atomic mass is 10.2. The second kappa shape index (κ2) is 6.41. The first kappa shape index (κ1) is 15.1. The standard InChI is InChI=1S/C15H16N2O3S/c1-17(21(19,20)14-10-6-3-7-11-14)15(18)16-12-13-8-4-2-5-9-13/h2-11H,12H2,1H3,(H,16,18). The quantitative estimate of drug-likeness (QED) is 0.942. The molecule has 5 nitrogen and oxygen atoms in total. The Morgan fingerprint density at radius 2 is 1.52 bits per heavy atom. The molecule has 0 aliphatic heterocycles. The predicted octanol–water partition coefficient (Wildman–Crippen LogP) is 2.22. The number of benzene rings is 2. The van der Waals surface area contributed by atoms with Crippen molar-refractivity contribution in [2.75, 3.05) is 7.05 Å². The van der Waals surface area contributed by atoms with Gasteiger partial charge in [0, 0.05) is 13.6 Å². The number of carbonyl (C=O) groups excluding carboxylic acids is 1. The topological polar surface area (TPSA) is 66.5 Å². The summed E-state index contributed by atoms with van der Waals surface area (Å²) in [5, 5.41) is 2.58. The normalized spacial score (nSPS) is 10.9. The summed E-state index contributed by atoms with van der Waals surface area (Å²) in [6.07, 6.45) is 0. The highest BCUT2D eigenvalue weighted by molar-refractivity contribution is 7.89. The van der Waals surface area contributed by atoms with Crippen LogP contribution < -0.4 is 5.32 Å². The van der Waals surface area contributed by atoms with Gasteiger partial charge in [-0.3, -0.25) is 0 Å². The summed E-state index contributed by atoms with van der Waals surface area (Å²) in [5.74, 6) is 0. The number of amides is 2. The van der Waals surface area contributed by atoms with Gasteiger partial charge >= 0.3 is 6.03 Å². The molecule has 0 aromatic heterocycles. The molecule has 0 saturated heterocycles. The van der Waals surface area contributed by atoms with E-state index in [1.54, 1.807) is 18.2 Å². The van der Waals surface area contributed by atoms with E-state index in [0.717, 1.165) is 5.56 Å². The summed E-state index contributed by atoms with van der Waals surface area (Å²) in [4.78, 5) is 12.1. The van der Waals surface area contributed by atoms with Crippen LogP contribution in [0.2, 0.25) is 0 Å². The molecule has 0 atom stereocenters. The smallest absolute Gasteiger partial charge is 0.331 e. The number of nitrogens with zero attached hydrogens (tertiary/aromatic N) is 1. The van der Waals surface area contributed by atoms with Gasteiger partial charge in [0.2, 0.25) is 0 Å². The van der Waals surface area contributed by atoms with Crippen LogP contribution in [0, 0.1) is 0 Å². The molecule has 0 saturated carbocycles. The first-order valence-electron chi connectivity index (χ1n) is 6.37. The lowest BCUT2D eigenvalue weighted by Crippen LogP contribution is -2.40. The molecule has 0 heterocycles. The molecule has 2 rings (SSSR count). The van der Waals surface area contributed by atoms with Gasteiger partial charge in [-0.2, -0.15) is 0 Å². The average Bonchev–Trinajstić information content (AvgIpc) is 2.53. The third-order valence-electron chi connectivity index (χ3n) is 2.97. The molecule has 1 N–H and O–H groups in total. The molecule has 0 fully saturated rings. The van der Waals surface area contributed by atoms with E-state index in [-0.39, 0.29) is 11.4 Å². The molecule has 0 unspecified atom stereocenters. The molecule has 0 spiro atoms. The zero-order valence-corrected chi connectivity index (χ0v) is 12.4. The monoisotopic (exact) mass is 304 g/mol. The van der Waals surface area contributed by atoms with Crippen molar-refractivity contribution in [3.8, 4) is 0 Å². The third kappa shape index (κ3) is 3.61. The third-order valence-corrected chi connectivity index (χ3v) is 4.73. The Morgan fingerprint density at radius 3 is 2.10 bits per heavy atom. The lowest BCUT2D eigenvalue weighted by Gasteiger charge is -2.18. The highest BCUT2D eigenvalue weighted by Gasteiger charge is 2.24. The van der Waals surface area contributed by atoms with Crippen molar-refractivity contribution < 1.29 is 13.2 Å². The van der Waals surface area contributed by atoms with Crippen LogP contribution in [0.15, 0.2) is 65.6 Å². The number of sulfonamides is 1. The van der Waals surface area contributed by atoms with Crippen molar-refractivity contribution in [1.29, 1.82) is 0 Å². The number of carbonyl (C=O) groups is 1. The Morgan fingerprint density at radius 1 is 1.00 bits per heavy atom. The summed E-state index contributed by atoms with van der Waals surface area (Å²) < 4.78 is 25.2. The van der Waals surface area contributed by atoms with Crippen LogP contribution in [0.4, 0.5) is 4.79 Å². The highest BCUT2D eigenvalue weighted by atomic mass is 32.2. The molecular formula is C15H16N2O3S. The Bertz CT molecular complexity index is 700. The molecule has 0 aliphatic rings. The van der Waals surface area contributed by atoms with Gasteiger partial charge in [-0.15, -0.1) is 0 Å². The molecule has 0 radical (unpaired) electrons. The molecule has 21 heavy (non-hydrogen) atoms. The maximum Gasteiger partial charge on any atom is 0.331 e. The number of rotatable bonds is 4. The van der Waals surface area contributed by atoms with Crippen molar-refractivity contribution in [3.63, 3.8) is 0 Å². The Kier molecular flexibility index (Phi) is 4.59. The summed E-state index contributed by atoms with van der Waals surface area (Å²) >= 11 is 0. The van der Waals surface area contributed by atoms with Crippen molar-refractivity contribution in [2.24, 2.45) is 0 Å². The second-order valence-electron chi connectivity index (χ2n) is 4.43. The van der Waals surface area contributed by atoms with Gasteiger partial charge in [0.15, 0.2) is 0 Å². The number of urea groups is 1. The molecule has 110 valence electrons. The first-order valence-corrected chi connectivity index (χ1v) is 7.81. The van der Waals surface area contributed by atoms with Gasteiger partial charge in [0.1, 0.15) is 0 Å². The van der Waals surface area contributed by atoms with Crippen molar-refractivity contribution >= 4 is 16.1 Å². The highest BCUT2D eigenvalue weighted by Crippen LogP contribution is 2.13. The Labute approximate surface area is 124 Å². The van der Waals surface area contributed by atoms with Crippen molar-refractivity contribution in [3.05, 3.63) is 66.2 Å². The number of nitrogens with one attached hydrogen (secondary N) is 1. The fourth-order valence-electron chi connectivity index (χ4n) is 1.74. The van der Waals surface area contributed by atoms with E-state index in [2.05, 4.69) is 5.32 Å². The number of hydrogen-bond acceptors (Lipinski definition) is 3. The van der Waals surface area contributed by atoms with Crippen LogP contribution in [0.5, 0.6) is 0 Å². The van der Waals surface area contributed by atoms with E-state index in [0.29, 0.717) is 4.31 Å². The van der Waals surface area contributed by atoms with Crippen LogP contribution in [-0.2, 0) is 16.6 Å². The molecule has 0 aliphatic carbocycles. The van der Waals surface area contributed by atoms with Crippen LogP contribution >= 0.6 is 0 Å². The van der Waals surface area contributed by atoms with Gasteiger partial charge in [0.25, 0.3) is 10.0 Å². The van der Waals surface area contributed by atoms with E-state index in [1.807, 2.05) is 30.3 Å². The summed E-state index contributed by atoms with van der Waals surface area (Å²) in [5.41, 5.74) is 0.899. The molecule has 2 aromatic rings. The van der Waals surface area contributed by atoms with E-state index in [9.17, 15) is 13.2 Å². The maximum atomic E-state index is 12.3. The zero-order chi connectivity index (χ0) is 15.3. The minimum absolute atomic E-state index is 0.0855. The maximum absolute atomic E-state index is 12.3. The van der Waals surface area contributed by atoms with Gasteiger partial charge < -0.3 is 5.32 Å². The van der Waals surface area contributed by atoms with Crippen LogP contribution in [0.25, 0.3) is 0 Å². The lowest BCUT2D eigenvalue weighted by molar-refractivity contribution is 0.228. The first-order chi connectivity index (χ1) is 10.0. The van der Waals surface area contributed by atoms with Crippen LogP contribution in [-0.4, -0.2) is 25.8 Å². The molecule has 2 aromatic carbocycles. The minimum Gasteiger partial charge on any atom is -0.333 e. The SMILES string of the molecule is CN(C(=O)NCc1ccccc1)S(=O)(=O)c1ccccc1. The molecule has 0 bridgehead atoms.